The van der Waals surface area contributed by atoms with Crippen LogP contribution in [-0.4, -0.2) is 36.6 Å². The monoisotopic (exact) mass is 447 g/mol. The van der Waals surface area contributed by atoms with Gasteiger partial charge in [0.05, 0.1) is 0 Å². The van der Waals surface area contributed by atoms with E-state index in [-0.39, 0.29) is 0 Å². The number of amides is 1. The Morgan fingerprint density at radius 2 is 1.52 bits per heavy atom. The van der Waals surface area contributed by atoms with Crippen LogP contribution >= 0.6 is 11.3 Å². The fraction of sp³-hybridized carbons (Fsp3) is 0.722. The van der Waals surface area contributed by atoms with Crippen molar-refractivity contribution in [2.24, 2.45) is 0 Å². The number of rotatable bonds is 11. The van der Waals surface area contributed by atoms with E-state index in [1.807, 2.05) is 6.07 Å². The summed E-state index contributed by atoms with van der Waals surface area (Å²) in [5.74, 6) is 0. The van der Waals surface area contributed by atoms with E-state index < -0.39 is 24.5 Å². The Balaban J connectivity index is 3.11. The quantitative estimate of drug-likeness (QED) is 0.429. The minimum absolute atomic E-state index is 0.866. The molecule has 1 amide bonds. The summed E-state index contributed by atoms with van der Waals surface area (Å²) in [7, 11) is 1.65. The second-order valence-corrected chi connectivity index (χ2v) is 21.8. The van der Waals surface area contributed by atoms with Crippen LogP contribution in [-0.2, 0) is 0 Å². The molecule has 0 saturated heterocycles. The molecule has 0 aliphatic rings. The molecule has 1 aromatic heterocycles. The summed E-state index contributed by atoms with van der Waals surface area (Å²) in [4.78, 5) is 12.6. The van der Waals surface area contributed by atoms with E-state index in [0.29, 0.717) is 0 Å². The molecular weight excluding hydrogens is 413 g/mol. The molecule has 1 N–H and O–H groups in total. The Bertz CT molecular complexity index is 454. The van der Waals surface area contributed by atoms with Crippen LogP contribution in [0.2, 0.25) is 13.3 Å². The van der Waals surface area contributed by atoms with Crippen LogP contribution in [0.4, 0.5) is 9.80 Å². The van der Waals surface area contributed by atoms with E-state index in [1.54, 1.807) is 21.3 Å². The second kappa shape index (κ2) is 10.6. The van der Waals surface area contributed by atoms with Crippen LogP contribution in [0.5, 0.6) is 0 Å². The molecule has 0 saturated carbocycles. The van der Waals surface area contributed by atoms with Gasteiger partial charge in [0.2, 0.25) is 0 Å². The Labute approximate surface area is 150 Å². The van der Waals surface area contributed by atoms with Gasteiger partial charge in [-0.15, -0.1) is 0 Å². The van der Waals surface area contributed by atoms with E-state index in [4.69, 9.17) is 0 Å². The van der Waals surface area contributed by atoms with Crippen LogP contribution in [0, 0.1) is 0 Å². The van der Waals surface area contributed by atoms with Crippen LogP contribution in [0.25, 0.3) is 0 Å². The average Bonchev–Trinajstić information content (AvgIpc) is 3.04. The zero-order valence-electron chi connectivity index (χ0n) is 15.2. The molecule has 1 rings (SSSR count). The van der Waals surface area contributed by atoms with Crippen molar-refractivity contribution >= 4 is 43.7 Å². The van der Waals surface area contributed by atoms with Crippen molar-refractivity contribution < 1.29 is 9.90 Å². The number of unbranched alkanes of at least 4 members (excludes halogenated alkanes) is 3. The Kier molecular flexibility index (Phi) is 9.59. The second-order valence-electron chi connectivity index (χ2n) is 6.57. The molecule has 132 valence electrons. The van der Waals surface area contributed by atoms with Crippen molar-refractivity contribution in [1.29, 1.82) is 0 Å². The normalized spacial score (nSPS) is 11.7. The van der Waals surface area contributed by atoms with Gasteiger partial charge in [0.15, 0.2) is 0 Å². The van der Waals surface area contributed by atoms with Gasteiger partial charge in [-0.25, -0.2) is 0 Å². The third kappa shape index (κ3) is 5.96. The van der Waals surface area contributed by atoms with Crippen molar-refractivity contribution in [3.63, 3.8) is 0 Å². The maximum atomic E-state index is 11.2. The summed E-state index contributed by atoms with van der Waals surface area (Å²) in [6.45, 7) is 6.86. The molecule has 1 aromatic rings. The van der Waals surface area contributed by atoms with E-state index in [0.717, 1.165) is 5.00 Å². The Hall–Kier alpha value is -0.231. The standard InChI is InChI=1S/C6H6NO2S.3C4H9.Sn/c1-7(6(8)9)5-3-2-4-10-5;3*1-3-4-2;/h2-3H,1H3,(H,8,9);3*1,3-4H2,2H3;. The first-order valence-electron chi connectivity index (χ1n) is 9.07. The molecule has 0 bridgehead atoms. The van der Waals surface area contributed by atoms with Crippen LogP contribution in [0.1, 0.15) is 59.3 Å². The first-order valence-corrected chi connectivity index (χ1v) is 17.4. The van der Waals surface area contributed by atoms with E-state index in [2.05, 4.69) is 26.8 Å². The molecule has 0 aliphatic heterocycles. The fourth-order valence-corrected chi connectivity index (χ4v) is 23.2. The predicted molar refractivity (Wildman–Crippen MR) is 105 cm³/mol. The molecule has 23 heavy (non-hydrogen) atoms. The van der Waals surface area contributed by atoms with Gasteiger partial charge in [0, 0.05) is 0 Å². The minimum atomic E-state index is -2.38. The average molecular weight is 446 g/mol. The number of anilines is 1. The molecule has 0 spiro atoms. The van der Waals surface area contributed by atoms with Gasteiger partial charge in [-0.05, 0) is 0 Å². The van der Waals surface area contributed by atoms with Crippen LogP contribution in [0.15, 0.2) is 12.1 Å². The number of hydrogen-bond donors (Lipinski definition) is 1. The molecule has 5 heteroatoms. The number of hydrogen-bond acceptors (Lipinski definition) is 2. The SMILES string of the molecule is CCC[CH2][Sn]([CH2]CCC)([CH2]CCC)[c]1ccc(N(C)C(=O)O)s1. The molecule has 0 aliphatic carbocycles. The number of carbonyl (C=O) groups is 1. The summed E-state index contributed by atoms with van der Waals surface area (Å²) in [5, 5.41) is 10.1. The summed E-state index contributed by atoms with van der Waals surface area (Å²) in [6, 6.07) is 4.31. The summed E-state index contributed by atoms with van der Waals surface area (Å²) < 4.78 is 5.89. The number of thiophene rings is 1. The van der Waals surface area contributed by atoms with Crippen LogP contribution in [0.3, 0.4) is 0 Å². The van der Waals surface area contributed by atoms with Gasteiger partial charge in [0.1, 0.15) is 0 Å². The maximum absolute atomic E-state index is 11.2. The van der Waals surface area contributed by atoms with Gasteiger partial charge in [0.25, 0.3) is 0 Å². The Morgan fingerprint density at radius 3 is 1.91 bits per heavy atom. The summed E-state index contributed by atoms with van der Waals surface area (Å²) >= 11 is -0.618. The van der Waals surface area contributed by atoms with Crippen molar-refractivity contribution in [3.05, 3.63) is 12.1 Å². The van der Waals surface area contributed by atoms with Gasteiger partial charge in [-0.2, -0.15) is 0 Å². The molecule has 0 atom stereocenters. The van der Waals surface area contributed by atoms with Crippen LogP contribution < -0.4 is 7.79 Å². The summed E-state index contributed by atoms with van der Waals surface area (Å²) in [5.41, 5.74) is 0. The van der Waals surface area contributed by atoms with Gasteiger partial charge in [-0.3, -0.25) is 0 Å². The molecule has 0 radical (unpaired) electrons. The third-order valence-electron chi connectivity index (χ3n) is 4.76. The molecule has 3 nitrogen and oxygen atoms in total. The molecular formula is C18H33NO2SSn. The van der Waals surface area contributed by atoms with Crippen molar-refractivity contribution in [3.8, 4) is 0 Å². The predicted octanol–water partition coefficient (Wildman–Crippen LogP) is 5.92. The molecule has 0 unspecified atom stereocenters. The first-order chi connectivity index (χ1) is 11.0. The summed E-state index contributed by atoms with van der Waals surface area (Å²) in [6.07, 6.45) is 6.95. The first kappa shape index (κ1) is 20.8. The number of carboxylic acid groups (broad SMARTS) is 1. The van der Waals surface area contributed by atoms with E-state index in [1.165, 1.54) is 56.7 Å². The topological polar surface area (TPSA) is 40.5 Å². The van der Waals surface area contributed by atoms with Crippen molar-refractivity contribution in [2.45, 2.75) is 72.6 Å². The van der Waals surface area contributed by atoms with Gasteiger partial charge < -0.3 is 0 Å². The van der Waals surface area contributed by atoms with Crippen molar-refractivity contribution in [2.75, 3.05) is 11.9 Å². The van der Waals surface area contributed by atoms with Gasteiger partial charge in [-0.1, -0.05) is 0 Å². The fourth-order valence-electron chi connectivity index (χ4n) is 3.18. The zero-order valence-corrected chi connectivity index (χ0v) is 18.9. The zero-order chi connectivity index (χ0) is 17.3. The Morgan fingerprint density at radius 1 is 1.04 bits per heavy atom. The number of nitrogens with zero attached hydrogens (tertiary/aromatic N) is 1. The van der Waals surface area contributed by atoms with E-state index >= 15 is 0 Å². The molecule has 0 aromatic carbocycles. The molecule has 1 heterocycles. The molecule has 0 fully saturated rings. The third-order valence-corrected chi connectivity index (χ3v) is 24.2. The van der Waals surface area contributed by atoms with Crippen molar-refractivity contribution in [1.82, 2.24) is 0 Å². The van der Waals surface area contributed by atoms with Gasteiger partial charge >= 0.3 is 150 Å². The van der Waals surface area contributed by atoms with E-state index in [9.17, 15) is 9.90 Å².